The van der Waals surface area contributed by atoms with Gasteiger partial charge in [0.1, 0.15) is 0 Å². The van der Waals surface area contributed by atoms with Crippen LogP contribution in [0.1, 0.15) is 66.5 Å². The summed E-state index contributed by atoms with van der Waals surface area (Å²) in [4.78, 5) is 25.4. The Bertz CT molecular complexity index is 839. The normalized spacial score (nSPS) is 19.2. The van der Waals surface area contributed by atoms with Crippen molar-refractivity contribution in [2.75, 3.05) is 0 Å². The zero-order valence-corrected chi connectivity index (χ0v) is 15.4. The zero-order chi connectivity index (χ0) is 18.6. The van der Waals surface area contributed by atoms with Crippen LogP contribution in [0.5, 0.6) is 0 Å². The average molecular weight is 336 g/mol. The molecule has 0 bridgehead atoms. The molecule has 1 aliphatic carbocycles. The van der Waals surface area contributed by atoms with Gasteiger partial charge in [-0.1, -0.05) is 77.1 Å². The molecule has 0 fully saturated rings. The molecule has 25 heavy (non-hydrogen) atoms. The van der Waals surface area contributed by atoms with E-state index in [1.807, 2.05) is 19.1 Å². The highest BCUT2D eigenvalue weighted by molar-refractivity contribution is 6.10. The maximum absolute atomic E-state index is 13.7. The third-order valence-electron chi connectivity index (χ3n) is 6.63. The number of carbonyl (C=O) groups excluding carboxylic acids is 1. The number of rotatable bonds is 3. The topological polar surface area (TPSA) is 54.4 Å². The summed E-state index contributed by atoms with van der Waals surface area (Å²) in [5.74, 6) is -1.18. The minimum Gasteiger partial charge on any atom is -0.478 e. The summed E-state index contributed by atoms with van der Waals surface area (Å²) in [5.41, 5.74) is 1.05. The number of hydrogen-bond donors (Lipinski definition) is 1. The van der Waals surface area contributed by atoms with E-state index in [2.05, 4.69) is 39.8 Å². The molecule has 0 radical (unpaired) electrons. The molecule has 0 aliphatic heterocycles. The maximum atomic E-state index is 13.7. The van der Waals surface area contributed by atoms with Gasteiger partial charge in [0.15, 0.2) is 5.78 Å². The first-order valence-electron chi connectivity index (χ1n) is 8.54. The number of carboxylic acids is 1. The second-order valence-electron chi connectivity index (χ2n) is 8.10. The summed E-state index contributed by atoms with van der Waals surface area (Å²) in [6.45, 7) is 10.3. The monoisotopic (exact) mass is 336 g/mol. The SMILES string of the molecule is CC1(C)c2ccccc2C(C)(C)C1(C)C(=O)c1ccccc1C(=O)O. The van der Waals surface area contributed by atoms with Crippen LogP contribution >= 0.6 is 0 Å². The van der Waals surface area contributed by atoms with E-state index in [0.717, 1.165) is 11.1 Å². The van der Waals surface area contributed by atoms with Gasteiger partial charge in [-0.2, -0.15) is 0 Å². The summed E-state index contributed by atoms with van der Waals surface area (Å²) in [6, 6.07) is 14.7. The standard InChI is InChI=1S/C22H24O3/c1-20(2)16-12-8-9-13-17(16)21(3,4)22(20,5)18(23)14-10-6-7-11-15(14)19(24)25/h6-13H,1-5H3,(H,24,25). The average Bonchev–Trinajstić information content (AvgIpc) is 2.71. The Morgan fingerprint density at radius 2 is 1.12 bits per heavy atom. The molecular formula is C22H24O3. The number of carbonyl (C=O) groups is 2. The Hall–Kier alpha value is -2.42. The molecule has 0 saturated carbocycles. The van der Waals surface area contributed by atoms with E-state index in [1.54, 1.807) is 18.2 Å². The second-order valence-corrected chi connectivity index (χ2v) is 8.10. The van der Waals surface area contributed by atoms with Crippen LogP contribution in [0.4, 0.5) is 0 Å². The number of aromatic carboxylic acids is 1. The van der Waals surface area contributed by atoms with E-state index in [-0.39, 0.29) is 16.9 Å². The van der Waals surface area contributed by atoms with Gasteiger partial charge in [-0.15, -0.1) is 0 Å². The Kier molecular flexibility index (Phi) is 3.68. The molecule has 2 aromatic rings. The third-order valence-corrected chi connectivity index (χ3v) is 6.63. The van der Waals surface area contributed by atoms with Crippen LogP contribution in [0.2, 0.25) is 0 Å². The summed E-state index contributed by atoms with van der Waals surface area (Å²) in [6.07, 6.45) is 0. The number of hydrogen-bond acceptors (Lipinski definition) is 2. The molecule has 0 heterocycles. The largest absolute Gasteiger partial charge is 0.478 e. The van der Waals surface area contributed by atoms with E-state index in [9.17, 15) is 14.7 Å². The molecule has 0 amide bonds. The molecule has 130 valence electrons. The Labute approximate surface area is 148 Å². The lowest BCUT2D eigenvalue weighted by Gasteiger charge is -2.46. The fourth-order valence-electron chi connectivity index (χ4n) is 4.60. The first-order chi connectivity index (χ1) is 11.6. The highest BCUT2D eigenvalue weighted by Gasteiger charge is 2.63. The molecule has 0 aromatic heterocycles. The highest BCUT2D eigenvalue weighted by atomic mass is 16.4. The van der Waals surface area contributed by atoms with Gasteiger partial charge in [0.25, 0.3) is 0 Å². The Morgan fingerprint density at radius 1 is 0.720 bits per heavy atom. The number of fused-ring (bicyclic) bond motifs is 1. The van der Waals surface area contributed by atoms with Crippen molar-refractivity contribution >= 4 is 11.8 Å². The van der Waals surface area contributed by atoms with Crippen molar-refractivity contribution in [3.05, 3.63) is 70.8 Å². The lowest BCUT2D eigenvalue weighted by molar-refractivity contribution is 0.0526. The van der Waals surface area contributed by atoms with Crippen molar-refractivity contribution in [3.63, 3.8) is 0 Å². The highest BCUT2D eigenvalue weighted by Crippen LogP contribution is 2.62. The fraction of sp³-hybridized carbons (Fsp3) is 0.364. The van der Waals surface area contributed by atoms with Crippen molar-refractivity contribution < 1.29 is 14.7 Å². The smallest absolute Gasteiger partial charge is 0.336 e. The van der Waals surface area contributed by atoms with Gasteiger partial charge in [0.2, 0.25) is 0 Å². The predicted molar refractivity (Wildman–Crippen MR) is 98.3 cm³/mol. The third kappa shape index (κ3) is 2.05. The lowest BCUT2D eigenvalue weighted by Crippen LogP contribution is -2.51. The van der Waals surface area contributed by atoms with Gasteiger partial charge in [0, 0.05) is 21.8 Å². The first kappa shape index (κ1) is 17.4. The first-order valence-corrected chi connectivity index (χ1v) is 8.54. The van der Waals surface area contributed by atoms with Crippen LogP contribution in [0.3, 0.4) is 0 Å². The van der Waals surface area contributed by atoms with Crippen molar-refractivity contribution in [3.8, 4) is 0 Å². The lowest BCUT2D eigenvalue weighted by atomic mass is 9.55. The summed E-state index contributed by atoms with van der Waals surface area (Å²) in [5, 5.41) is 9.52. The van der Waals surface area contributed by atoms with Gasteiger partial charge in [-0.05, 0) is 17.2 Å². The molecule has 1 N–H and O–H groups in total. The van der Waals surface area contributed by atoms with E-state index in [1.165, 1.54) is 6.07 Å². The molecule has 0 atom stereocenters. The van der Waals surface area contributed by atoms with Gasteiger partial charge in [0.05, 0.1) is 5.56 Å². The van der Waals surface area contributed by atoms with Crippen LogP contribution in [-0.2, 0) is 10.8 Å². The van der Waals surface area contributed by atoms with E-state index < -0.39 is 22.2 Å². The molecule has 2 aromatic carbocycles. The van der Waals surface area contributed by atoms with Crippen molar-refractivity contribution in [1.29, 1.82) is 0 Å². The zero-order valence-electron chi connectivity index (χ0n) is 15.4. The number of carboxylic acid groups (broad SMARTS) is 1. The van der Waals surface area contributed by atoms with E-state index >= 15 is 0 Å². The molecular weight excluding hydrogens is 312 g/mol. The second kappa shape index (κ2) is 5.29. The van der Waals surface area contributed by atoms with Crippen molar-refractivity contribution in [1.82, 2.24) is 0 Å². The summed E-state index contributed by atoms with van der Waals surface area (Å²) >= 11 is 0. The molecule has 3 rings (SSSR count). The van der Waals surface area contributed by atoms with Gasteiger partial charge < -0.3 is 5.11 Å². The van der Waals surface area contributed by atoms with Crippen LogP contribution in [0.25, 0.3) is 0 Å². The molecule has 0 spiro atoms. The van der Waals surface area contributed by atoms with Crippen LogP contribution in [-0.4, -0.2) is 16.9 Å². The minimum absolute atomic E-state index is 0.0660. The maximum Gasteiger partial charge on any atom is 0.336 e. The number of benzene rings is 2. The quantitative estimate of drug-likeness (QED) is 0.816. The predicted octanol–water partition coefficient (Wildman–Crippen LogP) is 4.84. The fourth-order valence-corrected chi connectivity index (χ4v) is 4.60. The summed E-state index contributed by atoms with van der Waals surface area (Å²) in [7, 11) is 0. The van der Waals surface area contributed by atoms with E-state index in [4.69, 9.17) is 0 Å². The van der Waals surface area contributed by atoms with E-state index in [0.29, 0.717) is 0 Å². The van der Waals surface area contributed by atoms with Crippen LogP contribution in [0.15, 0.2) is 48.5 Å². The molecule has 0 saturated heterocycles. The molecule has 1 aliphatic rings. The van der Waals surface area contributed by atoms with Crippen LogP contribution in [0, 0.1) is 5.41 Å². The number of Topliss-reactive ketones (excluding diaryl/α,β-unsaturated/α-hetero) is 1. The van der Waals surface area contributed by atoms with Crippen molar-refractivity contribution in [2.45, 2.75) is 45.4 Å². The Balaban J connectivity index is 2.27. The molecule has 3 heteroatoms. The minimum atomic E-state index is -1.07. The van der Waals surface area contributed by atoms with Gasteiger partial charge in [-0.25, -0.2) is 4.79 Å². The van der Waals surface area contributed by atoms with Gasteiger partial charge >= 0.3 is 5.97 Å². The van der Waals surface area contributed by atoms with Crippen LogP contribution < -0.4 is 0 Å². The van der Waals surface area contributed by atoms with Crippen molar-refractivity contribution in [2.24, 2.45) is 5.41 Å². The van der Waals surface area contributed by atoms with Gasteiger partial charge in [-0.3, -0.25) is 4.79 Å². The molecule has 3 nitrogen and oxygen atoms in total. The Morgan fingerprint density at radius 3 is 1.56 bits per heavy atom. The summed E-state index contributed by atoms with van der Waals surface area (Å²) < 4.78 is 0. The number of ketones is 1. The molecule has 0 unspecified atom stereocenters.